The molecule has 5 rings (SSSR count). The Balaban J connectivity index is 1.29. The Morgan fingerprint density at radius 1 is 1.11 bits per heavy atom. The molecule has 1 saturated heterocycles. The van der Waals surface area contributed by atoms with Crippen molar-refractivity contribution in [1.29, 1.82) is 0 Å². The molecule has 4 heterocycles. The summed E-state index contributed by atoms with van der Waals surface area (Å²) in [6.45, 7) is 2.40. The first-order valence-electron chi connectivity index (χ1n) is 9.53. The molecule has 2 aliphatic heterocycles. The quantitative estimate of drug-likeness (QED) is 0.728. The zero-order valence-corrected chi connectivity index (χ0v) is 15.5. The summed E-state index contributed by atoms with van der Waals surface area (Å²) in [6, 6.07) is 12.1. The lowest BCUT2D eigenvalue weighted by Crippen LogP contribution is -2.57. The maximum Gasteiger partial charge on any atom is 0.254 e. The van der Waals surface area contributed by atoms with Gasteiger partial charge in [-0.25, -0.2) is 4.98 Å². The largest absolute Gasteiger partial charge is 0.339 e. The Labute approximate surface area is 162 Å². The number of nitrogens with zero attached hydrogens (tertiary/aromatic N) is 6. The Morgan fingerprint density at radius 2 is 1.93 bits per heavy atom. The summed E-state index contributed by atoms with van der Waals surface area (Å²) in [5.74, 6) is 0.567. The number of rotatable bonds is 2. The predicted octanol–water partition coefficient (Wildman–Crippen LogP) is 1.38. The van der Waals surface area contributed by atoms with Gasteiger partial charge in [0.25, 0.3) is 5.91 Å². The summed E-state index contributed by atoms with van der Waals surface area (Å²) < 4.78 is 1.45. The molecule has 142 valence electrons. The Bertz CT molecular complexity index is 993. The minimum Gasteiger partial charge on any atom is -0.339 e. The molecule has 0 radical (unpaired) electrons. The highest BCUT2D eigenvalue weighted by atomic mass is 16.2. The van der Waals surface area contributed by atoms with Crippen molar-refractivity contribution in [3.63, 3.8) is 0 Å². The van der Waals surface area contributed by atoms with Crippen molar-refractivity contribution in [2.24, 2.45) is 0 Å². The van der Waals surface area contributed by atoms with Gasteiger partial charge in [0.05, 0.1) is 0 Å². The molecule has 2 aliphatic rings. The van der Waals surface area contributed by atoms with Crippen LogP contribution in [0.4, 0.5) is 0 Å². The average Bonchev–Trinajstić information content (AvgIpc) is 3.29. The van der Waals surface area contributed by atoms with Crippen molar-refractivity contribution in [2.45, 2.75) is 31.3 Å². The lowest BCUT2D eigenvalue weighted by molar-refractivity contribution is 0.0631. The van der Waals surface area contributed by atoms with E-state index >= 15 is 0 Å². The predicted molar refractivity (Wildman–Crippen MR) is 102 cm³/mol. The van der Waals surface area contributed by atoms with E-state index in [4.69, 9.17) is 0 Å². The van der Waals surface area contributed by atoms with E-state index in [9.17, 15) is 4.79 Å². The molecule has 0 saturated carbocycles. The van der Waals surface area contributed by atoms with E-state index in [1.165, 1.54) is 22.1 Å². The number of fused-ring (bicyclic) bond motifs is 1. The molecule has 3 aromatic rings. The van der Waals surface area contributed by atoms with Crippen LogP contribution < -0.4 is 5.32 Å². The number of hydrogen-bond acceptors (Lipinski definition) is 6. The molecule has 1 fully saturated rings. The summed E-state index contributed by atoms with van der Waals surface area (Å²) >= 11 is 0. The average molecular weight is 375 g/mol. The summed E-state index contributed by atoms with van der Waals surface area (Å²) in [5, 5.41) is 14.8. The maximum absolute atomic E-state index is 13.0. The van der Waals surface area contributed by atoms with Gasteiger partial charge < -0.3 is 10.2 Å². The summed E-state index contributed by atoms with van der Waals surface area (Å²) in [6.07, 6.45) is 6.03. The van der Waals surface area contributed by atoms with Crippen LogP contribution in [-0.4, -0.2) is 54.6 Å². The van der Waals surface area contributed by atoms with Crippen LogP contribution in [0.1, 0.15) is 34.3 Å². The number of likely N-dealkylation sites (tertiary alicyclic amines) is 1. The van der Waals surface area contributed by atoms with Crippen LogP contribution >= 0.6 is 0 Å². The second kappa shape index (κ2) is 6.79. The topological polar surface area (TPSA) is 88.8 Å². The van der Waals surface area contributed by atoms with Crippen LogP contribution in [0.15, 0.2) is 48.9 Å². The lowest BCUT2D eigenvalue weighted by atomic mass is 9.78. The van der Waals surface area contributed by atoms with E-state index in [1.54, 1.807) is 18.3 Å². The minimum absolute atomic E-state index is 0.0304. The van der Waals surface area contributed by atoms with Crippen molar-refractivity contribution >= 4 is 5.91 Å². The van der Waals surface area contributed by atoms with Gasteiger partial charge in [-0.3, -0.25) is 4.79 Å². The standard InChI is InChI=1S/C20H21N7O/c28-19(15-5-8-21-18(11-15)27-14-23-24-25-27)26-9-6-20(7-10-26)12-16-3-1-2-4-17(16)13-22-20/h1-5,8,11,14,22H,6-7,9-10,12-13H2. The van der Waals surface area contributed by atoms with Crippen LogP contribution in [0.25, 0.3) is 5.82 Å². The van der Waals surface area contributed by atoms with E-state index in [-0.39, 0.29) is 11.4 Å². The van der Waals surface area contributed by atoms with Crippen LogP contribution in [-0.2, 0) is 13.0 Å². The molecular weight excluding hydrogens is 354 g/mol. The second-order valence-electron chi connectivity index (χ2n) is 7.53. The number of tetrazole rings is 1. The van der Waals surface area contributed by atoms with Gasteiger partial charge in [0.2, 0.25) is 0 Å². The van der Waals surface area contributed by atoms with Gasteiger partial charge >= 0.3 is 0 Å². The molecule has 0 atom stereocenters. The minimum atomic E-state index is 0.0304. The molecule has 28 heavy (non-hydrogen) atoms. The monoisotopic (exact) mass is 375 g/mol. The van der Waals surface area contributed by atoms with Crippen LogP contribution in [0.3, 0.4) is 0 Å². The lowest BCUT2D eigenvalue weighted by Gasteiger charge is -2.45. The van der Waals surface area contributed by atoms with Crippen molar-refractivity contribution < 1.29 is 4.79 Å². The van der Waals surface area contributed by atoms with Crippen molar-refractivity contribution in [2.75, 3.05) is 13.1 Å². The summed E-state index contributed by atoms with van der Waals surface area (Å²) in [5.41, 5.74) is 3.53. The van der Waals surface area contributed by atoms with Crippen molar-refractivity contribution in [1.82, 2.24) is 35.4 Å². The van der Waals surface area contributed by atoms with Crippen LogP contribution in [0, 0.1) is 0 Å². The first kappa shape index (κ1) is 17.0. The molecule has 0 bridgehead atoms. The third-order valence-corrected chi connectivity index (χ3v) is 5.89. The first-order chi connectivity index (χ1) is 13.7. The zero-order chi connectivity index (χ0) is 19.0. The highest BCUT2D eigenvalue weighted by Gasteiger charge is 2.38. The number of carbonyl (C=O) groups excluding carboxylic acids is 1. The number of amides is 1. The highest BCUT2D eigenvalue weighted by Crippen LogP contribution is 2.32. The molecule has 1 aromatic carbocycles. The third kappa shape index (κ3) is 3.05. The van der Waals surface area contributed by atoms with Gasteiger partial charge in [-0.15, -0.1) is 5.10 Å². The number of benzene rings is 1. The highest BCUT2D eigenvalue weighted by molar-refractivity contribution is 5.94. The number of hydrogen-bond donors (Lipinski definition) is 1. The number of carbonyl (C=O) groups is 1. The van der Waals surface area contributed by atoms with Crippen molar-refractivity contribution in [3.8, 4) is 5.82 Å². The molecule has 8 heteroatoms. The third-order valence-electron chi connectivity index (χ3n) is 5.89. The fourth-order valence-corrected chi connectivity index (χ4v) is 4.23. The van der Waals surface area contributed by atoms with Gasteiger partial charge in [0, 0.05) is 36.9 Å². The molecule has 8 nitrogen and oxygen atoms in total. The molecule has 0 aliphatic carbocycles. The first-order valence-corrected chi connectivity index (χ1v) is 9.53. The molecule has 0 unspecified atom stereocenters. The van der Waals surface area contributed by atoms with Crippen LogP contribution in [0.2, 0.25) is 0 Å². The van der Waals surface area contributed by atoms with E-state index < -0.39 is 0 Å². The fourth-order valence-electron chi connectivity index (χ4n) is 4.23. The normalized spacial score (nSPS) is 18.1. The molecule has 1 spiro atoms. The Kier molecular flexibility index (Phi) is 4.12. The Hall–Kier alpha value is -3.13. The van der Waals surface area contributed by atoms with Gasteiger partial charge in [-0.05, 0) is 52.9 Å². The maximum atomic E-state index is 13.0. The van der Waals surface area contributed by atoms with E-state index in [0.29, 0.717) is 11.4 Å². The smallest absolute Gasteiger partial charge is 0.254 e. The molecule has 1 N–H and O–H groups in total. The van der Waals surface area contributed by atoms with Gasteiger partial charge in [0.15, 0.2) is 5.82 Å². The number of pyridine rings is 1. The number of aromatic nitrogens is 5. The number of piperidine rings is 1. The van der Waals surface area contributed by atoms with Gasteiger partial charge in [-0.2, -0.15) is 4.68 Å². The van der Waals surface area contributed by atoms with Gasteiger partial charge in [0.1, 0.15) is 6.33 Å². The van der Waals surface area contributed by atoms with Crippen LogP contribution in [0.5, 0.6) is 0 Å². The van der Waals surface area contributed by atoms with Crippen molar-refractivity contribution in [3.05, 3.63) is 65.6 Å². The summed E-state index contributed by atoms with van der Waals surface area (Å²) in [4.78, 5) is 19.2. The zero-order valence-electron chi connectivity index (χ0n) is 15.5. The molecule has 1 amide bonds. The fraction of sp³-hybridized carbons (Fsp3) is 0.350. The summed E-state index contributed by atoms with van der Waals surface area (Å²) in [7, 11) is 0. The second-order valence-corrected chi connectivity index (χ2v) is 7.53. The van der Waals surface area contributed by atoms with E-state index in [0.717, 1.165) is 38.9 Å². The molecule has 2 aromatic heterocycles. The van der Waals surface area contributed by atoms with E-state index in [2.05, 4.69) is 50.1 Å². The molecular formula is C20H21N7O. The number of nitrogens with one attached hydrogen (secondary N) is 1. The Morgan fingerprint density at radius 3 is 2.71 bits per heavy atom. The van der Waals surface area contributed by atoms with Gasteiger partial charge in [-0.1, -0.05) is 24.3 Å². The van der Waals surface area contributed by atoms with E-state index in [1.807, 2.05) is 4.90 Å². The SMILES string of the molecule is O=C(c1ccnc(-n2cnnn2)c1)N1CCC2(CC1)Cc1ccccc1CN2.